The molecule has 0 aliphatic rings. The molecule has 5 nitrogen and oxygen atoms in total. The zero-order chi connectivity index (χ0) is 12.1. The lowest BCUT2D eigenvalue weighted by Gasteiger charge is -2.25. The number of esters is 1. The molecule has 0 radical (unpaired) electrons. The van der Waals surface area contributed by atoms with Crippen molar-refractivity contribution < 1.29 is 19.4 Å². The van der Waals surface area contributed by atoms with Gasteiger partial charge in [-0.25, -0.2) is 0 Å². The van der Waals surface area contributed by atoms with E-state index in [1.54, 1.807) is 13.8 Å². The summed E-state index contributed by atoms with van der Waals surface area (Å²) in [5.74, 6) is -1.50. The van der Waals surface area contributed by atoms with Gasteiger partial charge in [0.2, 0.25) is 0 Å². The molecule has 0 aliphatic carbocycles. The van der Waals surface area contributed by atoms with Crippen LogP contribution in [0.1, 0.15) is 40.0 Å². The number of hydrogen-bond acceptors (Lipinski definition) is 4. The Morgan fingerprint density at radius 3 is 2.40 bits per heavy atom. The van der Waals surface area contributed by atoms with Crippen LogP contribution in [0.4, 0.5) is 0 Å². The number of carboxylic acids is 1. The SMILES string of the molecule is CCC(C)(C)OC(=O)[C@@H](N)CCC(=O)O. The van der Waals surface area contributed by atoms with E-state index in [-0.39, 0.29) is 12.8 Å². The Balaban J connectivity index is 4.04. The van der Waals surface area contributed by atoms with Gasteiger partial charge in [0.15, 0.2) is 0 Å². The van der Waals surface area contributed by atoms with Gasteiger partial charge in [-0.3, -0.25) is 9.59 Å². The second kappa shape index (κ2) is 5.70. The minimum absolute atomic E-state index is 0.105. The van der Waals surface area contributed by atoms with Crippen molar-refractivity contribution in [2.45, 2.75) is 51.7 Å². The molecule has 0 unspecified atom stereocenters. The molecule has 0 saturated carbocycles. The molecule has 0 aromatic rings. The van der Waals surface area contributed by atoms with Gasteiger partial charge in [-0.15, -0.1) is 0 Å². The first-order valence-electron chi connectivity index (χ1n) is 4.98. The second-order valence-electron chi connectivity index (χ2n) is 4.07. The van der Waals surface area contributed by atoms with Gasteiger partial charge in [-0.2, -0.15) is 0 Å². The van der Waals surface area contributed by atoms with Gasteiger partial charge < -0.3 is 15.6 Å². The molecule has 5 heteroatoms. The van der Waals surface area contributed by atoms with E-state index in [2.05, 4.69) is 0 Å². The molecule has 15 heavy (non-hydrogen) atoms. The summed E-state index contributed by atoms with van der Waals surface area (Å²) >= 11 is 0. The quantitative estimate of drug-likeness (QED) is 0.645. The maximum atomic E-state index is 11.4. The van der Waals surface area contributed by atoms with Gasteiger partial charge >= 0.3 is 11.9 Å². The highest BCUT2D eigenvalue weighted by Crippen LogP contribution is 2.14. The molecule has 0 aromatic heterocycles. The summed E-state index contributed by atoms with van der Waals surface area (Å²) in [4.78, 5) is 21.7. The van der Waals surface area contributed by atoms with Gasteiger partial charge in [0.25, 0.3) is 0 Å². The second-order valence-corrected chi connectivity index (χ2v) is 4.07. The number of nitrogens with two attached hydrogens (primary N) is 1. The summed E-state index contributed by atoms with van der Waals surface area (Å²) in [5.41, 5.74) is 4.95. The molecule has 0 fully saturated rings. The Hall–Kier alpha value is -1.10. The molecule has 3 N–H and O–H groups in total. The lowest BCUT2D eigenvalue weighted by atomic mass is 10.1. The van der Waals surface area contributed by atoms with Crippen LogP contribution in [-0.4, -0.2) is 28.7 Å². The van der Waals surface area contributed by atoms with Crippen LogP contribution in [0.25, 0.3) is 0 Å². The topological polar surface area (TPSA) is 89.6 Å². The van der Waals surface area contributed by atoms with Crippen LogP contribution in [0.5, 0.6) is 0 Å². The Kier molecular flexibility index (Phi) is 5.28. The molecule has 0 spiro atoms. The van der Waals surface area contributed by atoms with Crippen molar-refractivity contribution in [3.05, 3.63) is 0 Å². The Bertz CT molecular complexity index is 238. The van der Waals surface area contributed by atoms with Crippen molar-refractivity contribution in [3.63, 3.8) is 0 Å². The summed E-state index contributed by atoms with van der Waals surface area (Å²) in [6, 6.07) is -0.855. The van der Waals surface area contributed by atoms with E-state index in [1.165, 1.54) is 0 Å². The minimum atomic E-state index is -0.965. The maximum Gasteiger partial charge on any atom is 0.323 e. The van der Waals surface area contributed by atoms with E-state index in [4.69, 9.17) is 15.6 Å². The maximum absolute atomic E-state index is 11.4. The van der Waals surface area contributed by atoms with Crippen molar-refractivity contribution in [2.24, 2.45) is 5.73 Å². The number of aliphatic carboxylic acids is 1. The fourth-order valence-corrected chi connectivity index (χ4v) is 0.817. The Morgan fingerprint density at radius 2 is 2.00 bits per heavy atom. The first-order valence-corrected chi connectivity index (χ1v) is 4.98. The number of hydrogen-bond donors (Lipinski definition) is 2. The van der Waals surface area contributed by atoms with Crippen LogP contribution in [0.15, 0.2) is 0 Å². The van der Waals surface area contributed by atoms with Crippen molar-refractivity contribution in [2.75, 3.05) is 0 Å². The van der Waals surface area contributed by atoms with E-state index < -0.39 is 23.6 Å². The van der Waals surface area contributed by atoms with Crippen LogP contribution in [0.2, 0.25) is 0 Å². The van der Waals surface area contributed by atoms with Crippen molar-refractivity contribution in [3.8, 4) is 0 Å². The van der Waals surface area contributed by atoms with Crippen LogP contribution in [0, 0.1) is 0 Å². The summed E-state index contributed by atoms with van der Waals surface area (Å²) in [6.45, 7) is 5.47. The molecular weight excluding hydrogens is 198 g/mol. The van der Waals surface area contributed by atoms with Crippen molar-refractivity contribution in [1.29, 1.82) is 0 Å². The van der Waals surface area contributed by atoms with Crippen LogP contribution >= 0.6 is 0 Å². The van der Waals surface area contributed by atoms with E-state index in [9.17, 15) is 9.59 Å². The third-order valence-electron chi connectivity index (χ3n) is 2.20. The van der Waals surface area contributed by atoms with Gasteiger partial charge in [0.1, 0.15) is 11.6 Å². The summed E-state index contributed by atoms with van der Waals surface area (Å²) in [7, 11) is 0. The lowest BCUT2D eigenvalue weighted by molar-refractivity contribution is -0.158. The molecule has 0 rings (SSSR count). The van der Waals surface area contributed by atoms with Gasteiger partial charge in [-0.1, -0.05) is 6.92 Å². The molecule has 88 valence electrons. The van der Waals surface area contributed by atoms with E-state index in [1.807, 2.05) is 6.92 Å². The molecule has 0 aliphatic heterocycles. The Morgan fingerprint density at radius 1 is 1.47 bits per heavy atom. The molecule has 0 saturated heterocycles. The number of ether oxygens (including phenoxy) is 1. The summed E-state index contributed by atoms with van der Waals surface area (Å²) in [5, 5.41) is 8.42. The Labute approximate surface area is 89.6 Å². The summed E-state index contributed by atoms with van der Waals surface area (Å²) in [6.07, 6.45) is 0.668. The number of carbonyl (C=O) groups is 2. The minimum Gasteiger partial charge on any atom is -0.481 e. The third-order valence-corrected chi connectivity index (χ3v) is 2.20. The predicted molar refractivity (Wildman–Crippen MR) is 55.3 cm³/mol. The molecule has 0 bridgehead atoms. The highest BCUT2D eigenvalue weighted by Gasteiger charge is 2.24. The lowest BCUT2D eigenvalue weighted by Crippen LogP contribution is -2.38. The predicted octanol–water partition coefficient (Wildman–Crippen LogP) is 0.910. The third kappa shape index (κ3) is 6.06. The van der Waals surface area contributed by atoms with E-state index in [0.29, 0.717) is 6.42 Å². The fourth-order valence-electron chi connectivity index (χ4n) is 0.817. The first kappa shape index (κ1) is 13.9. The smallest absolute Gasteiger partial charge is 0.323 e. The molecule has 0 amide bonds. The number of rotatable bonds is 6. The summed E-state index contributed by atoms with van der Waals surface area (Å²) < 4.78 is 5.12. The average molecular weight is 217 g/mol. The van der Waals surface area contributed by atoms with Crippen molar-refractivity contribution in [1.82, 2.24) is 0 Å². The highest BCUT2D eigenvalue weighted by atomic mass is 16.6. The monoisotopic (exact) mass is 217 g/mol. The molecule has 1 atom stereocenters. The number of carboxylic acid groups (broad SMARTS) is 1. The van der Waals surface area contributed by atoms with Crippen molar-refractivity contribution >= 4 is 11.9 Å². The van der Waals surface area contributed by atoms with Crippen LogP contribution in [0.3, 0.4) is 0 Å². The standard InChI is InChI=1S/C10H19NO4/c1-4-10(2,3)15-9(14)7(11)5-6-8(12)13/h7H,4-6,11H2,1-3H3,(H,12,13)/t7-/m0/s1. The largest absolute Gasteiger partial charge is 0.481 e. The van der Waals surface area contributed by atoms with Gasteiger partial charge in [0.05, 0.1) is 0 Å². The molecule has 0 aromatic carbocycles. The van der Waals surface area contributed by atoms with E-state index >= 15 is 0 Å². The average Bonchev–Trinajstić information content (AvgIpc) is 2.13. The number of carbonyl (C=O) groups excluding carboxylic acids is 1. The highest BCUT2D eigenvalue weighted by molar-refractivity contribution is 5.77. The van der Waals surface area contributed by atoms with Crippen LogP contribution in [-0.2, 0) is 14.3 Å². The van der Waals surface area contributed by atoms with Gasteiger partial charge in [0, 0.05) is 6.42 Å². The molecule has 0 heterocycles. The normalized spacial score (nSPS) is 13.3. The van der Waals surface area contributed by atoms with E-state index in [0.717, 1.165) is 0 Å². The molecular formula is C10H19NO4. The fraction of sp³-hybridized carbons (Fsp3) is 0.800. The zero-order valence-electron chi connectivity index (χ0n) is 9.45. The van der Waals surface area contributed by atoms with Gasteiger partial charge in [-0.05, 0) is 26.7 Å². The zero-order valence-corrected chi connectivity index (χ0v) is 9.45. The van der Waals surface area contributed by atoms with Crippen LogP contribution < -0.4 is 5.73 Å². The first-order chi connectivity index (χ1) is 6.78.